The van der Waals surface area contributed by atoms with Crippen LogP contribution in [0.2, 0.25) is 0 Å². The van der Waals surface area contributed by atoms with E-state index in [2.05, 4.69) is 16.9 Å². The highest BCUT2D eigenvalue weighted by Gasteiger charge is 2.34. The molecule has 0 spiro atoms. The number of anilines is 1. The molecular weight excluding hydrogens is 138 g/mol. The van der Waals surface area contributed by atoms with E-state index < -0.39 is 0 Å². The van der Waals surface area contributed by atoms with Gasteiger partial charge in [-0.2, -0.15) is 0 Å². The van der Waals surface area contributed by atoms with E-state index in [4.69, 9.17) is 5.73 Å². The third-order valence-electron chi connectivity index (χ3n) is 2.23. The van der Waals surface area contributed by atoms with Gasteiger partial charge in [-0.3, -0.25) is 0 Å². The normalized spacial score (nSPS) is 28.5. The van der Waals surface area contributed by atoms with Crippen molar-refractivity contribution in [2.24, 2.45) is 5.92 Å². The van der Waals surface area contributed by atoms with Crippen LogP contribution in [0.15, 0.2) is 12.4 Å². The van der Waals surface area contributed by atoms with Gasteiger partial charge in [-0.25, -0.2) is 9.97 Å². The first-order chi connectivity index (χ1) is 5.27. The molecule has 2 rings (SSSR count). The number of hydrogen-bond acceptors (Lipinski definition) is 3. The Hall–Kier alpha value is -1.12. The number of nitrogens with zero attached hydrogens (tertiary/aromatic N) is 2. The molecule has 2 unspecified atom stereocenters. The lowest BCUT2D eigenvalue weighted by molar-refractivity contribution is 0.901. The maximum Gasteiger partial charge on any atom is 0.219 e. The van der Waals surface area contributed by atoms with Crippen LogP contribution in [0.4, 0.5) is 5.95 Å². The highest BCUT2D eigenvalue weighted by Crippen LogP contribution is 2.46. The Morgan fingerprint density at radius 2 is 2.00 bits per heavy atom. The Bertz CT molecular complexity index is 255. The summed E-state index contributed by atoms with van der Waals surface area (Å²) in [7, 11) is 0. The summed E-state index contributed by atoms with van der Waals surface area (Å²) in [6, 6.07) is 0. The molecule has 0 amide bonds. The predicted molar refractivity (Wildman–Crippen MR) is 43.0 cm³/mol. The van der Waals surface area contributed by atoms with Gasteiger partial charge in [-0.05, 0) is 23.8 Å². The van der Waals surface area contributed by atoms with E-state index >= 15 is 0 Å². The van der Waals surface area contributed by atoms with Crippen LogP contribution >= 0.6 is 0 Å². The zero-order chi connectivity index (χ0) is 7.84. The van der Waals surface area contributed by atoms with Gasteiger partial charge in [-0.15, -0.1) is 0 Å². The van der Waals surface area contributed by atoms with E-state index in [9.17, 15) is 0 Å². The van der Waals surface area contributed by atoms with E-state index in [1.165, 1.54) is 12.0 Å². The van der Waals surface area contributed by atoms with E-state index in [-0.39, 0.29) is 0 Å². The highest BCUT2D eigenvalue weighted by atomic mass is 15.0. The standard InChI is InChI=1S/C8H11N3/c1-5-2-7(5)6-3-10-8(9)11-4-6/h3-5,7H,2H2,1H3,(H2,9,10,11). The molecule has 0 saturated heterocycles. The minimum atomic E-state index is 0.363. The van der Waals surface area contributed by atoms with Crippen LogP contribution in [0.25, 0.3) is 0 Å². The van der Waals surface area contributed by atoms with Crippen molar-refractivity contribution in [2.45, 2.75) is 19.3 Å². The van der Waals surface area contributed by atoms with Crippen molar-refractivity contribution in [3.05, 3.63) is 18.0 Å². The molecule has 1 aromatic rings. The minimum Gasteiger partial charge on any atom is -0.368 e. The maximum atomic E-state index is 5.36. The number of aromatic nitrogens is 2. The number of rotatable bonds is 1. The fourth-order valence-electron chi connectivity index (χ4n) is 1.33. The SMILES string of the molecule is CC1CC1c1cnc(N)nc1. The van der Waals surface area contributed by atoms with Crippen molar-refractivity contribution in [3.63, 3.8) is 0 Å². The molecule has 1 fully saturated rings. The molecule has 0 radical (unpaired) electrons. The van der Waals surface area contributed by atoms with Gasteiger partial charge in [0.2, 0.25) is 5.95 Å². The zero-order valence-electron chi connectivity index (χ0n) is 6.49. The van der Waals surface area contributed by atoms with Crippen LogP contribution in [0.3, 0.4) is 0 Å². The summed E-state index contributed by atoms with van der Waals surface area (Å²) in [5, 5.41) is 0. The topological polar surface area (TPSA) is 51.8 Å². The first-order valence-electron chi connectivity index (χ1n) is 3.85. The lowest BCUT2D eigenvalue weighted by Crippen LogP contribution is -1.94. The molecule has 11 heavy (non-hydrogen) atoms. The first-order valence-corrected chi connectivity index (χ1v) is 3.85. The Morgan fingerprint density at radius 3 is 2.45 bits per heavy atom. The average Bonchev–Trinajstić information content (AvgIpc) is 2.69. The molecular formula is C8H11N3. The van der Waals surface area contributed by atoms with E-state index in [0.29, 0.717) is 11.9 Å². The summed E-state index contributed by atoms with van der Waals surface area (Å²) in [5.41, 5.74) is 6.59. The Kier molecular flexibility index (Phi) is 1.31. The molecule has 3 heteroatoms. The summed E-state index contributed by atoms with van der Waals surface area (Å²) in [6.45, 7) is 2.24. The summed E-state index contributed by atoms with van der Waals surface area (Å²) >= 11 is 0. The van der Waals surface area contributed by atoms with Crippen molar-refractivity contribution in [1.29, 1.82) is 0 Å². The van der Waals surface area contributed by atoms with E-state index in [1.807, 2.05) is 12.4 Å². The predicted octanol–water partition coefficient (Wildman–Crippen LogP) is 1.18. The fourth-order valence-corrected chi connectivity index (χ4v) is 1.33. The van der Waals surface area contributed by atoms with Crippen LogP contribution in [-0.2, 0) is 0 Å². The molecule has 1 aliphatic carbocycles. The minimum absolute atomic E-state index is 0.363. The van der Waals surface area contributed by atoms with Gasteiger partial charge in [0.25, 0.3) is 0 Å². The van der Waals surface area contributed by atoms with Gasteiger partial charge in [0, 0.05) is 12.4 Å². The number of hydrogen-bond donors (Lipinski definition) is 1. The molecule has 2 atom stereocenters. The lowest BCUT2D eigenvalue weighted by atomic mass is 10.2. The van der Waals surface area contributed by atoms with Crippen LogP contribution in [0.5, 0.6) is 0 Å². The average molecular weight is 149 g/mol. The summed E-state index contributed by atoms with van der Waals surface area (Å²) < 4.78 is 0. The van der Waals surface area contributed by atoms with Crippen LogP contribution in [0, 0.1) is 5.92 Å². The monoisotopic (exact) mass is 149 g/mol. The van der Waals surface area contributed by atoms with Gasteiger partial charge >= 0.3 is 0 Å². The molecule has 3 nitrogen and oxygen atoms in total. The molecule has 1 aliphatic rings. The maximum absolute atomic E-state index is 5.36. The van der Waals surface area contributed by atoms with Gasteiger partial charge in [0.15, 0.2) is 0 Å². The largest absolute Gasteiger partial charge is 0.368 e. The van der Waals surface area contributed by atoms with Crippen molar-refractivity contribution in [1.82, 2.24) is 9.97 Å². The smallest absolute Gasteiger partial charge is 0.219 e. The summed E-state index contributed by atoms with van der Waals surface area (Å²) in [6.07, 6.45) is 4.93. The lowest BCUT2D eigenvalue weighted by Gasteiger charge is -1.95. The highest BCUT2D eigenvalue weighted by molar-refractivity contribution is 5.24. The Morgan fingerprint density at radius 1 is 1.45 bits per heavy atom. The van der Waals surface area contributed by atoms with Crippen LogP contribution in [0.1, 0.15) is 24.8 Å². The van der Waals surface area contributed by atoms with Gasteiger partial charge in [0.05, 0.1) is 0 Å². The van der Waals surface area contributed by atoms with Crippen molar-refractivity contribution in [3.8, 4) is 0 Å². The summed E-state index contributed by atoms with van der Waals surface area (Å²) in [4.78, 5) is 7.88. The van der Waals surface area contributed by atoms with Gasteiger partial charge in [0.1, 0.15) is 0 Å². The molecule has 0 aliphatic heterocycles. The molecule has 58 valence electrons. The van der Waals surface area contributed by atoms with Gasteiger partial charge < -0.3 is 5.73 Å². The van der Waals surface area contributed by atoms with Crippen molar-refractivity contribution < 1.29 is 0 Å². The second kappa shape index (κ2) is 2.19. The molecule has 1 saturated carbocycles. The van der Waals surface area contributed by atoms with E-state index in [0.717, 1.165) is 5.92 Å². The Balaban J connectivity index is 2.21. The molecule has 0 bridgehead atoms. The van der Waals surface area contributed by atoms with Crippen LogP contribution < -0.4 is 5.73 Å². The molecule has 0 aromatic carbocycles. The molecule has 1 aromatic heterocycles. The molecule has 2 N–H and O–H groups in total. The van der Waals surface area contributed by atoms with Gasteiger partial charge in [-0.1, -0.05) is 6.92 Å². The number of nitrogen functional groups attached to an aromatic ring is 1. The fraction of sp³-hybridized carbons (Fsp3) is 0.500. The van der Waals surface area contributed by atoms with Crippen molar-refractivity contribution >= 4 is 5.95 Å². The quantitative estimate of drug-likeness (QED) is 0.652. The van der Waals surface area contributed by atoms with Crippen molar-refractivity contribution in [2.75, 3.05) is 5.73 Å². The third-order valence-corrected chi connectivity index (χ3v) is 2.23. The number of nitrogens with two attached hydrogens (primary N) is 1. The second-order valence-corrected chi connectivity index (χ2v) is 3.19. The second-order valence-electron chi connectivity index (χ2n) is 3.19. The Labute approximate surface area is 65.7 Å². The van der Waals surface area contributed by atoms with E-state index in [1.54, 1.807) is 0 Å². The zero-order valence-corrected chi connectivity index (χ0v) is 6.49. The van der Waals surface area contributed by atoms with Crippen LogP contribution in [-0.4, -0.2) is 9.97 Å². The molecule has 1 heterocycles. The first kappa shape index (κ1) is 6.58. The third kappa shape index (κ3) is 1.18. The summed E-state index contributed by atoms with van der Waals surface area (Å²) in [5.74, 6) is 1.86.